The van der Waals surface area contributed by atoms with Gasteiger partial charge in [0.2, 0.25) is 0 Å². The molecule has 0 saturated carbocycles. The van der Waals surface area contributed by atoms with Crippen molar-refractivity contribution < 1.29 is 24.3 Å². The number of hydrogen-bond donors (Lipinski definition) is 1. The third-order valence-electron chi connectivity index (χ3n) is 6.98. The first-order valence-corrected chi connectivity index (χ1v) is 12.7. The lowest BCUT2D eigenvalue weighted by molar-refractivity contribution is -0.387. The summed E-state index contributed by atoms with van der Waals surface area (Å²) in [6.45, 7) is 0.159. The molecule has 0 spiro atoms. The summed E-state index contributed by atoms with van der Waals surface area (Å²) in [4.78, 5) is 33.2. The monoisotopic (exact) mass is 525 g/mol. The number of nitro groups is 1. The van der Waals surface area contributed by atoms with Gasteiger partial charge in [0.25, 0.3) is 0 Å². The van der Waals surface area contributed by atoms with E-state index in [2.05, 4.69) is 9.97 Å². The molecular formula is C30H27N3O6. The van der Waals surface area contributed by atoms with Crippen molar-refractivity contribution in [1.29, 1.82) is 0 Å². The Labute approximate surface area is 225 Å². The van der Waals surface area contributed by atoms with Crippen molar-refractivity contribution in [3.8, 4) is 11.9 Å². The topological polar surface area (TPSA) is 125 Å². The van der Waals surface area contributed by atoms with E-state index in [4.69, 9.17) is 9.47 Å². The summed E-state index contributed by atoms with van der Waals surface area (Å²) in [5.41, 5.74) is 1.33. The highest BCUT2D eigenvalue weighted by molar-refractivity contribution is 5.83. The molecule has 198 valence electrons. The Balaban J connectivity index is 1.58. The molecule has 4 aromatic rings. The molecule has 0 bridgehead atoms. The van der Waals surface area contributed by atoms with Gasteiger partial charge in [0.05, 0.1) is 10.3 Å². The van der Waals surface area contributed by atoms with Crippen molar-refractivity contribution in [1.82, 2.24) is 9.97 Å². The third-order valence-corrected chi connectivity index (χ3v) is 6.98. The lowest BCUT2D eigenvalue weighted by Gasteiger charge is -2.35. The SMILES string of the molecule is O=C(O)[C@]1(Cc2nc(OCc3ccccc3)nc(OCc3ccccc3)c2[N+](=O)[O-])CCCc2ccccc21. The molecular weight excluding hydrogens is 498 g/mol. The molecule has 5 rings (SSSR count). The highest BCUT2D eigenvalue weighted by Crippen LogP contribution is 2.43. The van der Waals surface area contributed by atoms with Crippen LogP contribution in [0.1, 0.15) is 40.8 Å². The van der Waals surface area contributed by atoms with E-state index >= 15 is 0 Å². The van der Waals surface area contributed by atoms with Crippen LogP contribution in [0.5, 0.6) is 11.9 Å². The van der Waals surface area contributed by atoms with E-state index in [1.54, 1.807) is 12.1 Å². The number of carboxylic acid groups (broad SMARTS) is 1. The fraction of sp³-hybridized carbons (Fsp3) is 0.233. The number of hydrogen-bond acceptors (Lipinski definition) is 7. The Morgan fingerprint density at radius 1 is 0.897 bits per heavy atom. The molecule has 9 heteroatoms. The van der Waals surface area contributed by atoms with E-state index in [-0.39, 0.29) is 37.2 Å². The minimum Gasteiger partial charge on any atom is -0.481 e. The average Bonchev–Trinajstić information content (AvgIpc) is 2.96. The van der Waals surface area contributed by atoms with Gasteiger partial charge in [0.15, 0.2) is 0 Å². The van der Waals surface area contributed by atoms with E-state index in [9.17, 15) is 20.0 Å². The van der Waals surface area contributed by atoms with Crippen LogP contribution in [0.2, 0.25) is 0 Å². The maximum absolute atomic E-state index is 12.8. The summed E-state index contributed by atoms with van der Waals surface area (Å²) < 4.78 is 11.7. The van der Waals surface area contributed by atoms with Gasteiger partial charge in [-0.05, 0) is 41.5 Å². The van der Waals surface area contributed by atoms with E-state index < -0.39 is 22.0 Å². The molecule has 1 aliphatic carbocycles. The Kier molecular flexibility index (Phi) is 7.49. The van der Waals surface area contributed by atoms with Crippen LogP contribution in [0.4, 0.5) is 5.69 Å². The molecule has 0 amide bonds. The zero-order valence-electron chi connectivity index (χ0n) is 21.2. The smallest absolute Gasteiger partial charge is 0.352 e. The second kappa shape index (κ2) is 11.3. The predicted molar refractivity (Wildman–Crippen MR) is 143 cm³/mol. The normalized spacial score (nSPS) is 16.2. The van der Waals surface area contributed by atoms with Crippen molar-refractivity contribution in [2.24, 2.45) is 0 Å². The van der Waals surface area contributed by atoms with Gasteiger partial charge >= 0.3 is 23.5 Å². The molecule has 0 fully saturated rings. The van der Waals surface area contributed by atoms with Gasteiger partial charge in [-0.2, -0.15) is 9.97 Å². The molecule has 1 aromatic heterocycles. The van der Waals surface area contributed by atoms with Gasteiger partial charge in [-0.1, -0.05) is 84.9 Å². The molecule has 1 aliphatic rings. The summed E-state index contributed by atoms with van der Waals surface area (Å²) in [5.74, 6) is -1.32. The van der Waals surface area contributed by atoms with Gasteiger partial charge in [-0.3, -0.25) is 14.9 Å². The van der Waals surface area contributed by atoms with Crippen molar-refractivity contribution in [3.05, 3.63) is 123 Å². The average molecular weight is 526 g/mol. The summed E-state index contributed by atoms with van der Waals surface area (Å²) in [7, 11) is 0. The van der Waals surface area contributed by atoms with Crippen LogP contribution in [-0.2, 0) is 36.3 Å². The van der Waals surface area contributed by atoms with Crippen LogP contribution in [0.25, 0.3) is 0 Å². The third kappa shape index (κ3) is 5.57. The number of carbonyl (C=O) groups is 1. The van der Waals surface area contributed by atoms with E-state index in [0.29, 0.717) is 18.4 Å². The lowest BCUT2D eigenvalue weighted by atomic mass is 9.67. The van der Waals surface area contributed by atoms with E-state index in [0.717, 1.165) is 23.1 Å². The molecule has 1 N–H and O–H groups in total. The van der Waals surface area contributed by atoms with Gasteiger partial charge in [-0.25, -0.2) is 0 Å². The minimum atomic E-state index is -1.39. The highest BCUT2D eigenvalue weighted by Gasteiger charge is 2.46. The lowest BCUT2D eigenvalue weighted by Crippen LogP contribution is -2.41. The van der Waals surface area contributed by atoms with Crippen LogP contribution >= 0.6 is 0 Å². The number of nitrogens with zero attached hydrogens (tertiary/aromatic N) is 3. The van der Waals surface area contributed by atoms with Crippen LogP contribution in [0, 0.1) is 10.1 Å². The molecule has 3 aromatic carbocycles. The zero-order chi connectivity index (χ0) is 27.2. The number of aliphatic carboxylic acids is 1. The highest BCUT2D eigenvalue weighted by atomic mass is 16.6. The fourth-order valence-electron chi connectivity index (χ4n) is 5.06. The first kappa shape index (κ1) is 25.8. The maximum Gasteiger partial charge on any atom is 0.352 e. The Bertz CT molecular complexity index is 1480. The van der Waals surface area contributed by atoms with Gasteiger partial charge in [-0.15, -0.1) is 0 Å². The zero-order valence-corrected chi connectivity index (χ0v) is 21.2. The first-order chi connectivity index (χ1) is 19.0. The van der Waals surface area contributed by atoms with Crippen LogP contribution in [0.15, 0.2) is 84.9 Å². The first-order valence-electron chi connectivity index (χ1n) is 12.7. The van der Waals surface area contributed by atoms with Crippen molar-refractivity contribution in [3.63, 3.8) is 0 Å². The Hall–Kier alpha value is -4.79. The second-order valence-corrected chi connectivity index (χ2v) is 9.49. The number of rotatable bonds is 10. The Morgan fingerprint density at radius 3 is 2.15 bits per heavy atom. The maximum atomic E-state index is 12.8. The van der Waals surface area contributed by atoms with E-state index in [1.165, 1.54) is 0 Å². The van der Waals surface area contributed by atoms with Crippen molar-refractivity contribution in [2.45, 2.75) is 44.3 Å². The molecule has 0 saturated heterocycles. The predicted octanol–water partition coefficient (Wildman–Crippen LogP) is 5.44. The summed E-state index contributed by atoms with van der Waals surface area (Å²) in [6, 6.07) is 25.8. The number of carboxylic acids is 1. The number of ether oxygens (including phenoxy) is 2. The van der Waals surface area contributed by atoms with Gasteiger partial charge < -0.3 is 14.6 Å². The van der Waals surface area contributed by atoms with Gasteiger partial charge in [0, 0.05) is 6.42 Å². The molecule has 0 unspecified atom stereocenters. The molecule has 0 radical (unpaired) electrons. The Morgan fingerprint density at radius 2 is 1.51 bits per heavy atom. The van der Waals surface area contributed by atoms with E-state index in [1.807, 2.05) is 72.8 Å². The minimum absolute atomic E-state index is 0.0309. The van der Waals surface area contributed by atoms with Crippen LogP contribution < -0.4 is 9.47 Å². The molecule has 1 atom stereocenters. The van der Waals surface area contributed by atoms with Crippen LogP contribution in [0.3, 0.4) is 0 Å². The molecule has 39 heavy (non-hydrogen) atoms. The summed E-state index contributed by atoms with van der Waals surface area (Å²) >= 11 is 0. The van der Waals surface area contributed by atoms with Crippen LogP contribution in [-0.4, -0.2) is 26.0 Å². The fourth-order valence-corrected chi connectivity index (χ4v) is 5.06. The molecule has 0 aliphatic heterocycles. The number of aromatic nitrogens is 2. The summed E-state index contributed by atoms with van der Waals surface area (Å²) in [6.07, 6.45) is 1.49. The number of benzene rings is 3. The molecule has 9 nitrogen and oxygen atoms in total. The number of fused-ring (bicyclic) bond motifs is 1. The van der Waals surface area contributed by atoms with Gasteiger partial charge in [0.1, 0.15) is 18.9 Å². The molecule has 1 heterocycles. The second-order valence-electron chi connectivity index (χ2n) is 9.49. The quantitative estimate of drug-likeness (QED) is 0.214. The van der Waals surface area contributed by atoms with Crippen molar-refractivity contribution in [2.75, 3.05) is 0 Å². The van der Waals surface area contributed by atoms with Crippen molar-refractivity contribution >= 4 is 11.7 Å². The standard InChI is InChI=1S/C30H27N3O6/c34-28(35)30(17-9-15-23-14-7-8-16-24(23)30)18-25-26(33(36)37)27(38-19-21-10-3-1-4-11-21)32-29(31-25)39-20-22-12-5-2-6-13-22/h1-8,10-14,16H,9,15,17-20H2,(H,34,35)/t30-/m0/s1. The summed E-state index contributed by atoms with van der Waals surface area (Å²) in [5, 5.41) is 22.9. The largest absolute Gasteiger partial charge is 0.481 e. The number of aryl methyl sites for hydroxylation is 1.